The molecule has 1 unspecified atom stereocenters. The molecule has 0 saturated heterocycles. The molecule has 0 aliphatic rings. The molecule has 0 radical (unpaired) electrons. The van der Waals surface area contributed by atoms with Gasteiger partial charge < -0.3 is 0 Å². The first-order valence-electron chi connectivity index (χ1n) is 5.31. The fraction of sp³-hybridized carbons (Fsp3) is 0.727. The van der Waals surface area contributed by atoms with Crippen LogP contribution in [-0.4, -0.2) is 9.78 Å². The van der Waals surface area contributed by atoms with Gasteiger partial charge in [-0.3, -0.25) is 4.68 Å². The standard InChI is InChI=1S/C11H20N2/c1-4-6-7-10(3)11-8-9-13(5-2)12-11/h8-10H,4-7H2,1-3H3. The van der Waals surface area contributed by atoms with Crippen LogP contribution in [0.15, 0.2) is 12.3 Å². The van der Waals surface area contributed by atoms with Crippen molar-refractivity contribution in [3.05, 3.63) is 18.0 Å². The predicted octanol–water partition coefficient (Wildman–Crippen LogP) is 3.20. The highest BCUT2D eigenvalue weighted by Gasteiger charge is 2.07. The van der Waals surface area contributed by atoms with E-state index in [1.54, 1.807) is 0 Å². The number of aromatic nitrogens is 2. The maximum atomic E-state index is 4.50. The Bertz CT molecular complexity index is 240. The van der Waals surface area contributed by atoms with Crippen molar-refractivity contribution in [2.75, 3.05) is 0 Å². The minimum absolute atomic E-state index is 0.618. The van der Waals surface area contributed by atoms with E-state index in [1.807, 2.05) is 4.68 Å². The largest absolute Gasteiger partial charge is 0.273 e. The van der Waals surface area contributed by atoms with Gasteiger partial charge in [-0.25, -0.2) is 0 Å². The van der Waals surface area contributed by atoms with Crippen molar-refractivity contribution in [1.82, 2.24) is 9.78 Å². The van der Waals surface area contributed by atoms with Crippen molar-refractivity contribution < 1.29 is 0 Å². The summed E-state index contributed by atoms with van der Waals surface area (Å²) in [5, 5.41) is 4.50. The van der Waals surface area contributed by atoms with Crippen LogP contribution in [0.1, 0.15) is 51.6 Å². The highest BCUT2D eigenvalue weighted by atomic mass is 15.3. The summed E-state index contributed by atoms with van der Waals surface area (Å²) in [5.74, 6) is 0.618. The molecule has 0 aliphatic carbocycles. The van der Waals surface area contributed by atoms with Gasteiger partial charge in [-0.1, -0.05) is 26.7 Å². The maximum absolute atomic E-state index is 4.50. The Morgan fingerprint density at radius 3 is 2.77 bits per heavy atom. The minimum atomic E-state index is 0.618. The van der Waals surface area contributed by atoms with Crippen LogP contribution in [0.4, 0.5) is 0 Å². The molecule has 0 spiro atoms. The maximum Gasteiger partial charge on any atom is 0.0652 e. The molecule has 2 nitrogen and oxygen atoms in total. The molecule has 0 N–H and O–H groups in total. The smallest absolute Gasteiger partial charge is 0.0652 e. The van der Waals surface area contributed by atoms with Crippen LogP contribution in [0.2, 0.25) is 0 Å². The third-order valence-electron chi connectivity index (χ3n) is 2.48. The number of nitrogens with zero attached hydrogens (tertiary/aromatic N) is 2. The van der Waals surface area contributed by atoms with E-state index in [2.05, 4.69) is 38.1 Å². The Kier molecular flexibility index (Phi) is 4.00. The summed E-state index contributed by atoms with van der Waals surface area (Å²) >= 11 is 0. The van der Waals surface area contributed by atoms with Crippen LogP contribution in [0.5, 0.6) is 0 Å². The number of unbranched alkanes of at least 4 members (excludes halogenated alkanes) is 1. The molecule has 0 amide bonds. The Labute approximate surface area is 81.0 Å². The lowest BCUT2D eigenvalue weighted by molar-refractivity contribution is 0.582. The molecular weight excluding hydrogens is 160 g/mol. The van der Waals surface area contributed by atoms with Crippen LogP contribution in [-0.2, 0) is 6.54 Å². The van der Waals surface area contributed by atoms with Crippen LogP contribution >= 0.6 is 0 Å². The van der Waals surface area contributed by atoms with E-state index >= 15 is 0 Å². The van der Waals surface area contributed by atoms with Crippen molar-refractivity contribution in [3.63, 3.8) is 0 Å². The van der Waals surface area contributed by atoms with E-state index in [1.165, 1.54) is 25.0 Å². The van der Waals surface area contributed by atoms with Gasteiger partial charge >= 0.3 is 0 Å². The number of aryl methyl sites for hydroxylation is 1. The van der Waals surface area contributed by atoms with E-state index in [4.69, 9.17) is 0 Å². The summed E-state index contributed by atoms with van der Waals surface area (Å²) < 4.78 is 2.00. The average Bonchev–Trinajstić information content (AvgIpc) is 2.62. The first-order valence-corrected chi connectivity index (χ1v) is 5.31. The quantitative estimate of drug-likeness (QED) is 0.680. The lowest BCUT2D eigenvalue weighted by Gasteiger charge is -2.06. The second-order valence-corrected chi connectivity index (χ2v) is 3.64. The first kappa shape index (κ1) is 10.3. The normalized spacial score (nSPS) is 13.2. The molecular formula is C11H20N2. The Balaban J connectivity index is 2.50. The van der Waals surface area contributed by atoms with Gasteiger partial charge in [-0.15, -0.1) is 0 Å². The number of rotatable bonds is 5. The zero-order valence-corrected chi connectivity index (χ0v) is 8.95. The van der Waals surface area contributed by atoms with Crippen molar-refractivity contribution in [2.45, 2.75) is 52.5 Å². The zero-order chi connectivity index (χ0) is 9.68. The molecule has 1 rings (SSSR count). The van der Waals surface area contributed by atoms with Gasteiger partial charge in [0.15, 0.2) is 0 Å². The Morgan fingerprint density at radius 1 is 1.46 bits per heavy atom. The molecule has 0 aromatic carbocycles. The summed E-state index contributed by atoms with van der Waals surface area (Å²) in [6.45, 7) is 7.59. The van der Waals surface area contributed by atoms with E-state index in [-0.39, 0.29) is 0 Å². The van der Waals surface area contributed by atoms with Crippen LogP contribution in [0, 0.1) is 0 Å². The minimum Gasteiger partial charge on any atom is -0.273 e. The summed E-state index contributed by atoms with van der Waals surface area (Å²) in [4.78, 5) is 0. The predicted molar refractivity (Wildman–Crippen MR) is 55.8 cm³/mol. The lowest BCUT2D eigenvalue weighted by Crippen LogP contribution is -1.99. The summed E-state index contributed by atoms with van der Waals surface area (Å²) in [7, 11) is 0. The Morgan fingerprint density at radius 2 is 2.23 bits per heavy atom. The molecule has 0 aliphatic heterocycles. The van der Waals surface area contributed by atoms with Crippen molar-refractivity contribution in [1.29, 1.82) is 0 Å². The topological polar surface area (TPSA) is 17.8 Å². The average molecular weight is 180 g/mol. The molecule has 0 bridgehead atoms. The van der Waals surface area contributed by atoms with Gasteiger partial charge in [-0.2, -0.15) is 5.10 Å². The number of hydrogen-bond acceptors (Lipinski definition) is 1. The molecule has 1 aromatic rings. The van der Waals surface area contributed by atoms with Crippen LogP contribution < -0.4 is 0 Å². The summed E-state index contributed by atoms with van der Waals surface area (Å²) in [6, 6.07) is 2.14. The SMILES string of the molecule is CCCCC(C)c1ccn(CC)n1. The Hall–Kier alpha value is -0.790. The highest BCUT2D eigenvalue weighted by molar-refractivity contribution is 5.04. The zero-order valence-electron chi connectivity index (χ0n) is 8.95. The third kappa shape index (κ3) is 2.87. The molecule has 1 heterocycles. The molecule has 2 heteroatoms. The van der Waals surface area contributed by atoms with Gasteiger partial charge in [0.05, 0.1) is 5.69 Å². The van der Waals surface area contributed by atoms with Gasteiger partial charge in [0.2, 0.25) is 0 Å². The van der Waals surface area contributed by atoms with Gasteiger partial charge in [0.25, 0.3) is 0 Å². The lowest BCUT2D eigenvalue weighted by atomic mass is 10.0. The second-order valence-electron chi connectivity index (χ2n) is 3.64. The number of hydrogen-bond donors (Lipinski definition) is 0. The van der Waals surface area contributed by atoms with E-state index in [9.17, 15) is 0 Å². The molecule has 74 valence electrons. The summed E-state index contributed by atoms with van der Waals surface area (Å²) in [5.41, 5.74) is 1.25. The third-order valence-corrected chi connectivity index (χ3v) is 2.48. The monoisotopic (exact) mass is 180 g/mol. The van der Waals surface area contributed by atoms with Gasteiger partial charge in [0.1, 0.15) is 0 Å². The van der Waals surface area contributed by atoms with Crippen molar-refractivity contribution in [2.24, 2.45) is 0 Å². The van der Waals surface area contributed by atoms with Crippen LogP contribution in [0.25, 0.3) is 0 Å². The summed E-state index contributed by atoms with van der Waals surface area (Å²) in [6.07, 6.45) is 5.91. The van der Waals surface area contributed by atoms with E-state index in [0.29, 0.717) is 5.92 Å². The molecule has 1 atom stereocenters. The van der Waals surface area contributed by atoms with Gasteiger partial charge in [0, 0.05) is 18.7 Å². The fourth-order valence-electron chi connectivity index (χ4n) is 1.47. The van der Waals surface area contributed by atoms with E-state index < -0.39 is 0 Å². The molecule has 0 fully saturated rings. The molecule has 13 heavy (non-hydrogen) atoms. The van der Waals surface area contributed by atoms with E-state index in [0.717, 1.165) is 6.54 Å². The van der Waals surface area contributed by atoms with Crippen LogP contribution in [0.3, 0.4) is 0 Å². The van der Waals surface area contributed by atoms with Gasteiger partial charge in [-0.05, 0) is 19.4 Å². The van der Waals surface area contributed by atoms with Crippen molar-refractivity contribution in [3.8, 4) is 0 Å². The first-order chi connectivity index (χ1) is 6.27. The van der Waals surface area contributed by atoms with Crippen molar-refractivity contribution >= 4 is 0 Å². The fourth-order valence-corrected chi connectivity index (χ4v) is 1.47. The highest BCUT2D eigenvalue weighted by Crippen LogP contribution is 2.19. The molecule has 0 saturated carbocycles. The molecule has 1 aromatic heterocycles. The second kappa shape index (κ2) is 5.05.